The van der Waals surface area contributed by atoms with Gasteiger partial charge >= 0.3 is 0 Å². The first kappa shape index (κ1) is 10.7. The maximum absolute atomic E-state index is 9.24. The number of aliphatic hydroxyl groups is 1. The Balaban J connectivity index is 2.97. The average Bonchev–Trinajstić information content (AvgIpc) is 2.18. The van der Waals surface area contributed by atoms with Crippen molar-refractivity contribution >= 4 is 17.3 Å². The van der Waals surface area contributed by atoms with Crippen molar-refractivity contribution in [3.8, 4) is 6.07 Å². The Morgan fingerprint density at radius 3 is 2.79 bits per heavy atom. The lowest BCUT2D eigenvalue weighted by molar-refractivity contribution is 0.569. The average molecular weight is 205 g/mol. The van der Waals surface area contributed by atoms with E-state index >= 15 is 0 Å². The second kappa shape index (κ2) is 4.73. The molecule has 0 amide bonds. The second-order valence-electron chi connectivity index (χ2n) is 3.20. The first-order valence-electron chi connectivity index (χ1n) is 4.36. The number of hydrogen-bond acceptors (Lipinski definition) is 2. The van der Waals surface area contributed by atoms with Gasteiger partial charge in [-0.05, 0) is 31.1 Å². The molecule has 1 rings (SSSR count). The number of thiocarbonyl (C=S) groups is 1. The third kappa shape index (κ3) is 2.54. The molecule has 0 heterocycles. The molecule has 0 saturated heterocycles. The van der Waals surface area contributed by atoms with Gasteiger partial charge in [0.05, 0.1) is 6.07 Å². The number of rotatable bonds is 3. The molecule has 0 radical (unpaired) electrons. The highest BCUT2D eigenvalue weighted by Crippen LogP contribution is 2.14. The normalized spacial score (nSPS) is 11.7. The summed E-state index contributed by atoms with van der Waals surface area (Å²) in [5.74, 6) is -0.0644. The molecule has 1 atom stereocenters. The summed E-state index contributed by atoms with van der Waals surface area (Å²) in [6, 6.07) is 9.49. The molecule has 14 heavy (non-hydrogen) atoms. The summed E-state index contributed by atoms with van der Waals surface area (Å²) in [5.41, 5.74) is 1.58. The van der Waals surface area contributed by atoms with E-state index in [0.717, 1.165) is 5.56 Å². The zero-order valence-corrected chi connectivity index (χ0v) is 8.71. The first-order valence-corrected chi connectivity index (χ1v) is 4.76. The molecule has 0 fully saturated rings. The SMILES string of the molecule is CC(C#N)Cc1ccccc1C(O)=S. The van der Waals surface area contributed by atoms with Crippen LogP contribution in [-0.4, -0.2) is 10.2 Å². The van der Waals surface area contributed by atoms with Crippen molar-refractivity contribution in [2.24, 2.45) is 5.92 Å². The third-order valence-electron chi connectivity index (χ3n) is 1.99. The van der Waals surface area contributed by atoms with Gasteiger partial charge in [-0.15, -0.1) is 0 Å². The van der Waals surface area contributed by atoms with Crippen LogP contribution in [0.2, 0.25) is 0 Å². The lowest BCUT2D eigenvalue weighted by Gasteiger charge is -2.07. The van der Waals surface area contributed by atoms with Gasteiger partial charge in [-0.3, -0.25) is 0 Å². The Morgan fingerprint density at radius 1 is 1.57 bits per heavy atom. The summed E-state index contributed by atoms with van der Waals surface area (Å²) in [7, 11) is 0. The Labute approximate surface area is 88.8 Å². The van der Waals surface area contributed by atoms with Crippen LogP contribution in [0.15, 0.2) is 24.3 Å². The molecule has 1 aromatic carbocycles. The quantitative estimate of drug-likeness (QED) is 0.771. The zero-order valence-electron chi connectivity index (χ0n) is 7.90. The maximum atomic E-state index is 9.24. The van der Waals surface area contributed by atoms with E-state index in [1.807, 2.05) is 25.1 Å². The fourth-order valence-corrected chi connectivity index (χ4v) is 1.48. The van der Waals surface area contributed by atoms with Crippen LogP contribution in [0.3, 0.4) is 0 Å². The first-order chi connectivity index (χ1) is 6.65. The van der Waals surface area contributed by atoms with E-state index in [4.69, 9.17) is 17.5 Å². The van der Waals surface area contributed by atoms with Gasteiger partial charge in [0.15, 0.2) is 5.05 Å². The summed E-state index contributed by atoms with van der Waals surface area (Å²) in [5, 5.41) is 17.8. The lowest BCUT2D eigenvalue weighted by atomic mass is 9.98. The van der Waals surface area contributed by atoms with Gasteiger partial charge in [-0.1, -0.05) is 24.3 Å². The van der Waals surface area contributed by atoms with Crippen molar-refractivity contribution in [2.75, 3.05) is 0 Å². The largest absolute Gasteiger partial charge is 0.499 e. The van der Waals surface area contributed by atoms with Crippen LogP contribution < -0.4 is 0 Å². The zero-order chi connectivity index (χ0) is 10.6. The summed E-state index contributed by atoms with van der Waals surface area (Å²) in [6.07, 6.45) is 0.618. The molecule has 0 spiro atoms. The Hall–Kier alpha value is -1.40. The molecule has 3 heteroatoms. The highest BCUT2D eigenvalue weighted by molar-refractivity contribution is 7.80. The maximum Gasteiger partial charge on any atom is 0.188 e. The molecule has 0 aliphatic carbocycles. The van der Waals surface area contributed by atoms with Gasteiger partial charge in [-0.2, -0.15) is 5.26 Å². The molecule has 0 aliphatic heterocycles. The van der Waals surface area contributed by atoms with Gasteiger partial charge in [0, 0.05) is 11.5 Å². The van der Waals surface area contributed by atoms with Gasteiger partial charge in [0.25, 0.3) is 0 Å². The molecule has 1 aromatic rings. The molecule has 2 nitrogen and oxygen atoms in total. The molecule has 1 N–H and O–H groups in total. The minimum atomic E-state index is -0.106. The van der Waals surface area contributed by atoms with E-state index in [1.165, 1.54) is 0 Å². The predicted octanol–water partition coefficient (Wildman–Crippen LogP) is 2.62. The minimum absolute atomic E-state index is 0.0644. The second-order valence-corrected chi connectivity index (χ2v) is 3.58. The van der Waals surface area contributed by atoms with Crippen LogP contribution in [0.25, 0.3) is 0 Å². The Morgan fingerprint density at radius 2 is 2.21 bits per heavy atom. The smallest absolute Gasteiger partial charge is 0.188 e. The predicted molar refractivity (Wildman–Crippen MR) is 59.3 cm³/mol. The number of aliphatic hydroxyl groups excluding tert-OH is 1. The van der Waals surface area contributed by atoms with Crippen LogP contribution in [0.5, 0.6) is 0 Å². The summed E-state index contributed by atoms with van der Waals surface area (Å²) in [6.45, 7) is 1.84. The van der Waals surface area contributed by atoms with E-state index in [9.17, 15) is 5.11 Å². The summed E-state index contributed by atoms with van der Waals surface area (Å²) in [4.78, 5) is 0. The number of hydrogen-bond donors (Lipinski definition) is 1. The van der Waals surface area contributed by atoms with E-state index in [2.05, 4.69) is 6.07 Å². The van der Waals surface area contributed by atoms with Crippen molar-refractivity contribution in [2.45, 2.75) is 13.3 Å². The molecule has 72 valence electrons. The van der Waals surface area contributed by atoms with Gasteiger partial charge < -0.3 is 5.11 Å². The molecule has 1 unspecified atom stereocenters. The van der Waals surface area contributed by atoms with Crippen LogP contribution in [0.4, 0.5) is 0 Å². The van der Waals surface area contributed by atoms with Crippen LogP contribution in [-0.2, 0) is 6.42 Å². The molecular weight excluding hydrogens is 194 g/mol. The highest BCUT2D eigenvalue weighted by Gasteiger charge is 2.08. The summed E-state index contributed by atoms with van der Waals surface area (Å²) >= 11 is 4.71. The summed E-state index contributed by atoms with van der Waals surface area (Å²) < 4.78 is 0. The van der Waals surface area contributed by atoms with Crippen molar-refractivity contribution in [3.05, 3.63) is 35.4 Å². The van der Waals surface area contributed by atoms with Crippen molar-refractivity contribution in [1.29, 1.82) is 5.26 Å². The molecule has 0 aliphatic rings. The lowest BCUT2D eigenvalue weighted by Crippen LogP contribution is -2.04. The fraction of sp³-hybridized carbons (Fsp3) is 0.273. The van der Waals surface area contributed by atoms with Gasteiger partial charge in [-0.25, -0.2) is 0 Å². The molecule has 0 saturated carbocycles. The highest BCUT2D eigenvalue weighted by atomic mass is 32.1. The fourth-order valence-electron chi connectivity index (χ4n) is 1.28. The number of nitriles is 1. The van der Waals surface area contributed by atoms with Gasteiger partial charge in [0.1, 0.15) is 0 Å². The number of nitrogens with zero attached hydrogens (tertiary/aromatic N) is 1. The molecule has 0 bridgehead atoms. The van der Waals surface area contributed by atoms with Crippen molar-refractivity contribution < 1.29 is 5.11 Å². The Kier molecular flexibility index (Phi) is 3.61. The molecular formula is C11H11NOS. The third-order valence-corrected chi connectivity index (χ3v) is 2.21. The van der Waals surface area contributed by atoms with Crippen molar-refractivity contribution in [3.63, 3.8) is 0 Å². The number of benzene rings is 1. The van der Waals surface area contributed by atoms with Crippen molar-refractivity contribution in [1.82, 2.24) is 0 Å². The monoisotopic (exact) mass is 205 g/mol. The van der Waals surface area contributed by atoms with E-state index in [-0.39, 0.29) is 11.0 Å². The van der Waals surface area contributed by atoms with Gasteiger partial charge in [0.2, 0.25) is 0 Å². The van der Waals surface area contributed by atoms with Crippen LogP contribution in [0.1, 0.15) is 18.1 Å². The topological polar surface area (TPSA) is 44.0 Å². The minimum Gasteiger partial charge on any atom is -0.499 e. The van der Waals surface area contributed by atoms with E-state index in [1.54, 1.807) is 6.07 Å². The van der Waals surface area contributed by atoms with E-state index < -0.39 is 0 Å². The standard InChI is InChI=1S/C11H11NOS/c1-8(7-12)6-9-4-2-3-5-10(9)11(13)14/h2-5,8H,6H2,1H3,(H,13,14). The Bertz CT molecular complexity index is 381. The van der Waals surface area contributed by atoms with Crippen LogP contribution in [0, 0.1) is 17.2 Å². The molecule has 0 aromatic heterocycles. The van der Waals surface area contributed by atoms with Crippen LogP contribution >= 0.6 is 12.2 Å². The van der Waals surface area contributed by atoms with E-state index in [0.29, 0.717) is 12.0 Å².